The summed E-state index contributed by atoms with van der Waals surface area (Å²) in [4.78, 5) is 0. The van der Waals surface area contributed by atoms with Gasteiger partial charge in [0.1, 0.15) is 8.22 Å². The van der Waals surface area contributed by atoms with E-state index in [1.54, 1.807) is 0 Å². The van der Waals surface area contributed by atoms with Crippen molar-refractivity contribution in [1.29, 1.82) is 0 Å². The molecule has 1 unspecified atom stereocenters. The van der Waals surface area contributed by atoms with E-state index in [1.165, 1.54) is 44.5 Å². The van der Waals surface area contributed by atoms with E-state index in [1.807, 2.05) is 0 Å². The summed E-state index contributed by atoms with van der Waals surface area (Å²) >= 11 is 0. The average molecular weight is 463 g/mol. The van der Waals surface area contributed by atoms with Gasteiger partial charge in [-0.1, -0.05) is 98.4 Å². The summed E-state index contributed by atoms with van der Waals surface area (Å²) in [6, 6.07) is 13.6. The zero-order valence-corrected chi connectivity index (χ0v) is 23.3. The second-order valence-corrected chi connectivity index (χ2v) is 12.5. The zero-order chi connectivity index (χ0) is 24.6. The molecule has 178 valence electrons. The minimum absolute atomic E-state index is 0.443. The Labute approximate surface area is 204 Å². The van der Waals surface area contributed by atoms with Crippen LogP contribution in [-0.4, -0.2) is 0 Å². The molecule has 1 N–H and O–H groups in total. The number of nitrogens with one attached hydrogen (secondary N) is 1. The van der Waals surface area contributed by atoms with Crippen molar-refractivity contribution in [3.63, 3.8) is 0 Å². The molecule has 2 nitrogen and oxygen atoms in total. The van der Waals surface area contributed by atoms with Gasteiger partial charge in [-0.3, -0.25) is 4.67 Å². The van der Waals surface area contributed by atoms with Gasteiger partial charge in [0, 0.05) is 11.4 Å². The Kier molecular flexibility index (Phi) is 7.80. The van der Waals surface area contributed by atoms with Crippen LogP contribution in [0.4, 0.5) is 11.4 Å². The maximum Gasteiger partial charge on any atom is 0.126 e. The predicted molar refractivity (Wildman–Crippen MR) is 150 cm³/mol. The van der Waals surface area contributed by atoms with E-state index in [-0.39, 0.29) is 0 Å². The van der Waals surface area contributed by atoms with Gasteiger partial charge in [-0.05, 0) is 70.7 Å². The van der Waals surface area contributed by atoms with Crippen LogP contribution in [-0.2, 0) is 0 Å². The Morgan fingerprint density at radius 1 is 0.697 bits per heavy atom. The molecule has 1 atom stereocenters. The lowest BCUT2D eigenvalue weighted by Crippen LogP contribution is -2.20. The van der Waals surface area contributed by atoms with Gasteiger partial charge < -0.3 is 5.09 Å². The maximum atomic E-state index is 4.60. The molecule has 33 heavy (non-hydrogen) atoms. The SMILES string of the molecule is C=C1C(C)=C(C)P(Nc2c(C(C)C)cccc2C(C)C)N1c1c(C(C)C)cccc1C(C)C. The third-order valence-electron chi connectivity index (χ3n) is 6.89. The largest absolute Gasteiger partial charge is 0.344 e. The smallest absolute Gasteiger partial charge is 0.126 e. The van der Waals surface area contributed by atoms with Gasteiger partial charge in [-0.2, -0.15) is 0 Å². The summed E-state index contributed by atoms with van der Waals surface area (Å²) in [6.07, 6.45) is 0. The van der Waals surface area contributed by atoms with Gasteiger partial charge in [0.25, 0.3) is 0 Å². The van der Waals surface area contributed by atoms with Crippen LogP contribution in [0.2, 0.25) is 0 Å². The Hall–Kier alpha value is -2.05. The number of hydrogen-bond acceptors (Lipinski definition) is 2. The van der Waals surface area contributed by atoms with Crippen LogP contribution in [0, 0.1) is 0 Å². The van der Waals surface area contributed by atoms with Crippen molar-refractivity contribution < 1.29 is 0 Å². The summed E-state index contributed by atoms with van der Waals surface area (Å²) in [6.45, 7) is 27.5. The molecule has 1 heterocycles. The molecule has 1 aliphatic rings. The Morgan fingerprint density at radius 3 is 1.48 bits per heavy atom. The summed E-state index contributed by atoms with van der Waals surface area (Å²) < 4.78 is 2.55. The molecular formula is C30H43N2P. The van der Waals surface area contributed by atoms with E-state index in [0.29, 0.717) is 23.7 Å². The number of hydrogen-bond donors (Lipinski definition) is 1. The Bertz CT molecular complexity index is 1010. The molecule has 0 saturated heterocycles. The standard InChI is InChI=1S/C30H43N2P/c1-18(2)25-14-12-15-26(19(3)4)29(25)31-33-24(11)22(9)23(10)32(33)30-27(20(5)6)16-13-17-28(30)21(7)8/h12-21,31H,10H2,1-9,11H3. The topological polar surface area (TPSA) is 15.3 Å². The van der Waals surface area contributed by atoms with Gasteiger partial charge in [0.15, 0.2) is 0 Å². The number of allylic oxidation sites excluding steroid dienone is 2. The number of para-hydroxylation sites is 2. The van der Waals surface area contributed by atoms with Gasteiger partial charge >= 0.3 is 0 Å². The quantitative estimate of drug-likeness (QED) is 0.412. The highest BCUT2D eigenvalue weighted by Crippen LogP contribution is 2.62. The van der Waals surface area contributed by atoms with Crippen molar-refractivity contribution in [3.8, 4) is 0 Å². The summed E-state index contributed by atoms with van der Waals surface area (Å²) in [7, 11) is -0.802. The predicted octanol–water partition coefficient (Wildman–Crippen LogP) is 10.2. The van der Waals surface area contributed by atoms with Crippen molar-refractivity contribution in [2.75, 3.05) is 9.76 Å². The van der Waals surface area contributed by atoms with Gasteiger partial charge in [-0.15, -0.1) is 0 Å². The van der Waals surface area contributed by atoms with Crippen LogP contribution >= 0.6 is 8.22 Å². The molecule has 2 aromatic carbocycles. The van der Waals surface area contributed by atoms with E-state index in [0.717, 1.165) is 5.70 Å². The number of rotatable bonds is 7. The molecule has 0 bridgehead atoms. The van der Waals surface area contributed by atoms with Gasteiger partial charge in [0.2, 0.25) is 0 Å². The van der Waals surface area contributed by atoms with Gasteiger partial charge in [0.05, 0.1) is 5.69 Å². The van der Waals surface area contributed by atoms with Crippen molar-refractivity contribution in [3.05, 3.63) is 81.8 Å². The molecule has 0 radical (unpaired) electrons. The first kappa shape index (κ1) is 25.6. The fourth-order valence-corrected chi connectivity index (χ4v) is 7.02. The second-order valence-electron chi connectivity index (χ2n) is 10.6. The first-order valence-corrected chi connectivity index (χ1v) is 13.8. The second kappa shape index (κ2) is 10.1. The van der Waals surface area contributed by atoms with E-state index in [2.05, 4.69) is 122 Å². The fraction of sp³-hybridized carbons (Fsp3) is 0.467. The van der Waals surface area contributed by atoms with E-state index in [4.69, 9.17) is 0 Å². The van der Waals surface area contributed by atoms with Crippen molar-refractivity contribution in [2.24, 2.45) is 0 Å². The molecule has 0 spiro atoms. The summed E-state index contributed by atoms with van der Waals surface area (Å²) in [5.41, 5.74) is 10.7. The lowest BCUT2D eigenvalue weighted by atomic mass is 9.92. The first-order valence-electron chi connectivity index (χ1n) is 12.5. The minimum Gasteiger partial charge on any atom is -0.344 e. The monoisotopic (exact) mass is 462 g/mol. The van der Waals surface area contributed by atoms with Gasteiger partial charge in [-0.25, -0.2) is 0 Å². The van der Waals surface area contributed by atoms with E-state index < -0.39 is 8.22 Å². The minimum atomic E-state index is -0.802. The molecule has 2 aromatic rings. The summed E-state index contributed by atoms with van der Waals surface area (Å²) in [5, 5.41) is 5.52. The van der Waals surface area contributed by atoms with E-state index in [9.17, 15) is 0 Å². The maximum absolute atomic E-state index is 4.60. The van der Waals surface area contributed by atoms with Crippen LogP contribution in [0.5, 0.6) is 0 Å². The lowest BCUT2D eigenvalue weighted by molar-refractivity contribution is 0.832. The third kappa shape index (κ3) is 4.78. The highest BCUT2D eigenvalue weighted by molar-refractivity contribution is 7.65. The molecule has 0 aromatic heterocycles. The average Bonchev–Trinajstić information content (AvgIpc) is 2.96. The normalized spacial score (nSPS) is 16.8. The molecule has 0 fully saturated rings. The Balaban J connectivity index is 2.24. The summed E-state index contributed by atoms with van der Waals surface area (Å²) in [5.74, 6) is 1.80. The first-order chi connectivity index (χ1) is 15.5. The van der Waals surface area contributed by atoms with Crippen LogP contribution < -0.4 is 9.76 Å². The Morgan fingerprint density at radius 2 is 1.09 bits per heavy atom. The van der Waals surface area contributed by atoms with Crippen LogP contribution in [0.25, 0.3) is 0 Å². The molecule has 3 heteroatoms. The van der Waals surface area contributed by atoms with E-state index >= 15 is 0 Å². The van der Waals surface area contributed by atoms with Crippen molar-refractivity contribution >= 4 is 19.6 Å². The van der Waals surface area contributed by atoms with Crippen molar-refractivity contribution in [1.82, 2.24) is 0 Å². The third-order valence-corrected chi connectivity index (χ3v) is 9.14. The molecule has 3 rings (SSSR count). The number of anilines is 2. The fourth-order valence-electron chi connectivity index (χ4n) is 4.71. The van der Waals surface area contributed by atoms with Crippen LogP contribution in [0.3, 0.4) is 0 Å². The molecular weight excluding hydrogens is 419 g/mol. The number of nitrogens with zero attached hydrogens (tertiary/aromatic N) is 1. The highest BCUT2D eigenvalue weighted by Gasteiger charge is 2.36. The molecule has 1 aliphatic heterocycles. The highest BCUT2D eigenvalue weighted by atomic mass is 31.1. The molecule has 0 aliphatic carbocycles. The van der Waals surface area contributed by atoms with Crippen LogP contribution in [0.1, 0.15) is 115 Å². The van der Waals surface area contributed by atoms with Crippen LogP contribution in [0.15, 0.2) is 59.6 Å². The molecule has 0 amide bonds. The lowest BCUT2D eigenvalue weighted by Gasteiger charge is -2.36. The zero-order valence-electron chi connectivity index (χ0n) is 22.4. The number of benzene rings is 2. The molecule has 0 saturated carbocycles. The van der Waals surface area contributed by atoms with Crippen molar-refractivity contribution in [2.45, 2.75) is 92.9 Å².